The molecule has 0 radical (unpaired) electrons. The van der Waals surface area contributed by atoms with Gasteiger partial charge in [0.1, 0.15) is 0 Å². The molecule has 0 aromatic heterocycles. The molecule has 0 saturated heterocycles. The molecular formula is Br2ClCoF-2. The van der Waals surface area contributed by atoms with E-state index in [-0.39, 0.29) is 0 Å². The second-order valence-corrected chi connectivity index (χ2v) is 14.1. The molecule has 0 fully saturated rings. The zero-order chi connectivity index (χ0) is 4.50. The first-order chi connectivity index (χ1) is 2.00. The third-order valence-electron chi connectivity index (χ3n) is 0. The fraction of sp³-hybridized carbons (Fsp3) is 0. The maximum atomic E-state index is 11.4. The van der Waals surface area contributed by atoms with E-state index in [1.807, 2.05) is 0 Å². The third kappa shape index (κ3) is 27.2. The number of hydrogen-bond acceptors (Lipinski definition) is 0. The van der Waals surface area contributed by atoms with E-state index >= 15 is 0 Å². The first kappa shape index (κ1) is 6.69. The first-order valence-corrected chi connectivity index (χ1v) is 7.48. The molecule has 0 rings (SSSR count). The van der Waals surface area contributed by atoms with Crippen molar-refractivity contribution < 1.29 is 12.2 Å². The average Bonchev–Trinajstić information content (AvgIpc) is 0.722. The molecule has 0 saturated carbocycles. The van der Waals surface area contributed by atoms with E-state index in [2.05, 4.69) is 28.3 Å². The van der Waals surface area contributed by atoms with Crippen LogP contribution in [0.3, 0.4) is 0 Å². The molecule has 0 N–H and O–H groups in total. The first-order valence-electron chi connectivity index (χ1n) is 0.504. The van der Waals surface area contributed by atoms with Gasteiger partial charge < -0.3 is 0 Å². The van der Waals surface area contributed by atoms with Crippen LogP contribution in [0, 0.1) is 0 Å². The molecule has 0 unspecified atom stereocenters. The fourth-order valence-electron chi connectivity index (χ4n) is 0. The monoisotopic (exact) mass is 271 g/mol. The molecule has 0 aliphatic rings. The maximum absolute atomic E-state index is 11.4. The van der Waals surface area contributed by atoms with E-state index < -0.39 is 8.58 Å². The van der Waals surface area contributed by atoms with Gasteiger partial charge in [0, 0.05) is 0 Å². The summed E-state index contributed by atoms with van der Waals surface area (Å²) >= 11 is 5.00. The summed E-state index contributed by atoms with van der Waals surface area (Å²) in [5, 5.41) is 0. The molecule has 0 aliphatic carbocycles. The summed E-state index contributed by atoms with van der Waals surface area (Å²) in [6.45, 7) is 0. The SMILES string of the molecule is [F][Co-2]([Cl])([Br])[Br]. The molecule has 0 amide bonds. The Balaban J connectivity index is 3.02. The zero-order valence-corrected chi connectivity index (χ0v) is 6.81. The molecule has 0 atom stereocenters. The van der Waals surface area contributed by atoms with Gasteiger partial charge in [0.25, 0.3) is 0 Å². The molecule has 0 bridgehead atoms. The second kappa shape index (κ2) is 2.11. The van der Waals surface area contributed by atoms with Gasteiger partial charge in [0.15, 0.2) is 0 Å². The summed E-state index contributed by atoms with van der Waals surface area (Å²) < 4.78 is 11.4. The molecule has 0 aliphatic heterocycles. The van der Waals surface area contributed by atoms with Gasteiger partial charge in [-0.3, -0.25) is 0 Å². The summed E-state index contributed by atoms with van der Waals surface area (Å²) in [7, 11) is 2.03. The van der Waals surface area contributed by atoms with Crippen LogP contribution in [0.15, 0.2) is 0 Å². The van der Waals surface area contributed by atoms with Crippen LogP contribution in [0.2, 0.25) is 0 Å². The van der Waals surface area contributed by atoms with Crippen molar-refractivity contribution in [1.82, 2.24) is 0 Å². The molecule has 0 aromatic rings. The zero-order valence-electron chi connectivity index (χ0n) is 1.85. The van der Waals surface area contributed by atoms with E-state index in [1.54, 1.807) is 0 Å². The quantitative estimate of drug-likeness (QED) is 0.636. The molecule has 5 heavy (non-hydrogen) atoms. The Labute approximate surface area is 50.4 Å². The van der Waals surface area contributed by atoms with Crippen molar-refractivity contribution in [2.24, 2.45) is 0 Å². The minimum atomic E-state index is -2.78. The van der Waals surface area contributed by atoms with Gasteiger partial charge in [-0.05, 0) is 0 Å². The molecule has 0 aromatic carbocycles. The van der Waals surface area contributed by atoms with Gasteiger partial charge >= 0.3 is 50.6 Å². The Morgan fingerprint density at radius 3 is 1.60 bits per heavy atom. The Morgan fingerprint density at radius 1 is 1.60 bits per heavy atom. The fourth-order valence-corrected chi connectivity index (χ4v) is 0. The van der Waals surface area contributed by atoms with Crippen molar-refractivity contribution in [3.8, 4) is 0 Å². The predicted octanol–water partition coefficient (Wildman–Crippen LogP) is 2.80. The van der Waals surface area contributed by atoms with Gasteiger partial charge in [-0.2, -0.15) is 0 Å². The molecule has 0 heterocycles. The van der Waals surface area contributed by atoms with Crippen LogP contribution in [0.1, 0.15) is 0 Å². The predicted molar refractivity (Wildman–Crippen MR) is 24.8 cm³/mol. The Hall–Kier alpha value is 1.69. The Morgan fingerprint density at radius 2 is 1.60 bits per heavy atom. The molecular weight excluding hydrogens is 273 g/mol. The normalized spacial score (nSPS) is 15.2. The Bertz CT molecular complexity index is 25.1. The van der Waals surface area contributed by atoms with Crippen molar-refractivity contribution in [3.05, 3.63) is 0 Å². The summed E-state index contributed by atoms with van der Waals surface area (Å²) in [6, 6.07) is 0. The van der Waals surface area contributed by atoms with Crippen molar-refractivity contribution in [2.45, 2.75) is 0 Å². The van der Waals surface area contributed by atoms with Crippen LogP contribution in [-0.4, -0.2) is 0 Å². The van der Waals surface area contributed by atoms with E-state index in [4.69, 9.17) is 10.1 Å². The van der Waals surface area contributed by atoms with Crippen LogP contribution in [0.25, 0.3) is 0 Å². The van der Waals surface area contributed by atoms with Crippen molar-refractivity contribution >= 4 is 38.5 Å². The molecule has 5 heteroatoms. The second-order valence-electron chi connectivity index (χ2n) is 0.286. The Kier molecular flexibility index (Phi) is 2.83. The van der Waals surface area contributed by atoms with Gasteiger partial charge in [0.05, 0.1) is 0 Å². The number of hydrogen-bond donors (Lipinski definition) is 0. The van der Waals surface area contributed by atoms with Crippen molar-refractivity contribution in [1.29, 1.82) is 0 Å². The van der Waals surface area contributed by atoms with Gasteiger partial charge in [0.2, 0.25) is 0 Å². The summed E-state index contributed by atoms with van der Waals surface area (Å²) in [5.41, 5.74) is 0. The standard InChI is InChI=1S/2BrH.ClH.Co.FH/h3*1H;;1H/q;;;+2;/p-4. The van der Waals surface area contributed by atoms with Gasteiger partial charge in [-0.25, -0.2) is 0 Å². The van der Waals surface area contributed by atoms with Crippen LogP contribution in [0.5, 0.6) is 0 Å². The third-order valence-corrected chi connectivity index (χ3v) is 0. The summed E-state index contributed by atoms with van der Waals surface area (Å²) in [5.74, 6) is 0. The van der Waals surface area contributed by atoms with Gasteiger partial charge in [-0.15, -0.1) is 0 Å². The van der Waals surface area contributed by atoms with E-state index in [0.29, 0.717) is 0 Å². The summed E-state index contributed by atoms with van der Waals surface area (Å²) in [6.07, 6.45) is 0. The summed E-state index contributed by atoms with van der Waals surface area (Å²) in [4.78, 5) is 0. The number of halogens is 4. The minimum absolute atomic E-state index is 2.50. The average molecular weight is 273 g/mol. The molecule has 0 nitrogen and oxygen atoms in total. The van der Waals surface area contributed by atoms with Gasteiger partial charge in [-0.1, -0.05) is 0 Å². The molecule has 39 valence electrons. The van der Waals surface area contributed by atoms with E-state index in [9.17, 15) is 3.58 Å². The van der Waals surface area contributed by atoms with Crippen molar-refractivity contribution in [2.75, 3.05) is 0 Å². The number of rotatable bonds is 0. The topological polar surface area (TPSA) is 0 Å². The van der Waals surface area contributed by atoms with Crippen molar-refractivity contribution in [3.63, 3.8) is 0 Å². The molecule has 0 spiro atoms. The van der Waals surface area contributed by atoms with E-state index in [1.165, 1.54) is 0 Å². The van der Waals surface area contributed by atoms with Crippen LogP contribution in [0.4, 0.5) is 3.58 Å². The van der Waals surface area contributed by atoms with E-state index in [0.717, 1.165) is 0 Å². The van der Waals surface area contributed by atoms with Crippen LogP contribution >= 0.6 is 38.5 Å². The van der Waals surface area contributed by atoms with Crippen LogP contribution < -0.4 is 0 Å². The van der Waals surface area contributed by atoms with Crippen LogP contribution in [-0.2, 0) is 8.58 Å².